The molecule has 0 unspecified atom stereocenters. The normalized spacial score (nSPS) is 29.0. The fourth-order valence-electron chi connectivity index (χ4n) is 4.11. The molecule has 150 valence electrons. The molecule has 1 saturated carbocycles. The van der Waals surface area contributed by atoms with Gasteiger partial charge in [0, 0.05) is 6.54 Å². The summed E-state index contributed by atoms with van der Waals surface area (Å²) in [6.07, 6.45) is 4.17. The number of aliphatic hydroxyl groups excluding tert-OH is 1. The van der Waals surface area contributed by atoms with Crippen LogP contribution in [-0.2, 0) is 9.47 Å². The molecule has 1 aromatic rings. The quantitative estimate of drug-likeness (QED) is 0.861. The minimum Gasteiger partial charge on any atom is -0.444 e. The number of hydrogen-bond acceptors (Lipinski definition) is 4. The molecule has 0 bridgehead atoms. The van der Waals surface area contributed by atoms with E-state index in [9.17, 15) is 9.90 Å². The molecule has 5 nitrogen and oxygen atoms in total. The summed E-state index contributed by atoms with van der Waals surface area (Å²) in [5, 5.41) is 10.3. The minimum absolute atomic E-state index is 0.207. The van der Waals surface area contributed by atoms with Crippen molar-refractivity contribution in [1.29, 1.82) is 0 Å². The number of rotatable bonds is 4. The zero-order valence-electron chi connectivity index (χ0n) is 16.8. The average molecular weight is 376 g/mol. The number of carbonyl (C=O) groups is 1. The van der Waals surface area contributed by atoms with Gasteiger partial charge in [0.05, 0.1) is 24.9 Å². The molecule has 2 atom stereocenters. The van der Waals surface area contributed by atoms with Gasteiger partial charge in [-0.25, -0.2) is 4.79 Å². The van der Waals surface area contributed by atoms with Crippen molar-refractivity contribution in [3.63, 3.8) is 0 Å². The topological polar surface area (TPSA) is 59.0 Å². The first-order chi connectivity index (χ1) is 12.8. The first-order valence-electron chi connectivity index (χ1n) is 10.2. The molecule has 1 saturated heterocycles. The maximum Gasteiger partial charge on any atom is 0.410 e. The number of hydrogen-bond donors (Lipinski definition) is 1. The summed E-state index contributed by atoms with van der Waals surface area (Å²) < 4.78 is 11.6. The van der Waals surface area contributed by atoms with E-state index in [-0.39, 0.29) is 18.2 Å². The van der Waals surface area contributed by atoms with Crippen LogP contribution < -0.4 is 0 Å². The highest BCUT2D eigenvalue weighted by atomic mass is 16.6. The summed E-state index contributed by atoms with van der Waals surface area (Å²) in [5.41, 5.74) is 0.879. The molecule has 5 heteroatoms. The van der Waals surface area contributed by atoms with Crippen molar-refractivity contribution >= 4 is 6.09 Å². The lowest BCUT2D eigenvalue weighted by Crippen LogP contribution is -2.45. The Balaban J connectivity index is 1.48. The summed E-state index contributed by atoms with van der Waals surface area (Å²) in [6.45, 7) is 6.46. The molecule has 2 fully saturated rings. The third kappa shape index (κ3) is 5.45. The van der Waals surface area contributed by atoms with E-state index in [1.54, 1.807) is 4.90 Å². The van der Waals surface area contributed by atoms with Crippen molar-refractivity contribution in [3.05, 3.63) is 35.9 Å². The Bertz CT molecular complexity index is 604. The predicted molar refractivity (Wildman–Crippen MR) is 105 cm³/mol. The van der Waals surface area contributed by atoms with Gasteiger partial charge in [-0.15, -0.1) is 0 Å². The molecule has 1 N–H and O–H groups in total. The fourth-order valence-corrected chi connectivity index (χ4v) is 4.11. The molecule has 1 heterocycles. The van der Waals surface area contributed by atoms with Crippen LogP contribution in [0.3, 0.4) is 0 Å². The molecule has 1 aromatic carbocycles. The molecule has 2 aliphatic rings. The second kappa shape index (κ2) is 8.61. The summed E-state index contributed by atoms with van der Waals surface area (Å²) in [5.74, 6) is 0.612. The molecule has 1 amide bonds. The second-order valence-corrected chi connectivity index (χ2v) is 8.81. The summed E-state index contributed by atoms with van der Waals surface area (Å²) in [4.78, 5) is 14.0. The van der Waals surface area contributed by atoms with Gasteiger partial charge in [0.2, 0.25) is 0 Å². The molecule has 1 aliphatic carbocycles. The lowest BCUT2D eigenvalue weighted by atomic mass is 9.83. The van der Waals surface area contributed by atoms with E-state index in [1.807, 2.05) is 20.8 Å². The molecule has 1 aliphatic heterocycles. The van der Waals surface area contributed by atoms with Crippen LogP contribution in [0.5, 0.6) is 0 Å². The number of aliphatic hydroxyl groups is 1. The van der Waals surface area contributed by atoms with Gasteiger partial charge in [-0.3, -0.25) is 0 Å². The van der Waals surface area contributed by atoms with E-state index in [4.69, 9.17) is 9.47 Å². The molecule has 0 aromatic heterocycles. The zero-order valence-corrected chi connectivity index (χ0v) is 16.8. The smallest absolute Gasteiger partial charge is 0.410 e. The van der Waals surface area contributed by atoms with E-state index in [1.165, 1.54) is 5.56 Å². The lowest BCUT2D eigenvalue weighted by Gasteiger charge is -2.32. The van der Waals surface area contributed by atoms with Crippen LogP contribution in [0, 0.1) is 0 Å². The first-order valence-corrected chi connectivity index (χ1v) is 10.2. The zero-order chi connectivity index (χ0) is 19.4. The number of ether oxygens (including phenoxy) is 2. The van der Waals surface area contributed by atoms with E-state index >= 15 is 0 Å². The van der Waals surface area contributed by atoms with E-state index < -0.39 is 11.7 Å². The van der Waals surface area contributed by atoms with Crippen molar-refractivity contribution in [2.45, 2.75) is 82.6 Å². The van der Waals surface area contributed by atoms with Gasteiger partial charge < -0.3 is 19.5 Å². The van der Waals surface area contributed by atoms with Gasteiger partial charge in [0.15, 0.2) is 0 Å². The number of carbonyl (C=O) groups excluding carboxylic acids is 1. The minimum atomic E-state index is -0.543. The lowest BCUT2D eigenvalue weighted by molar-refractivity contribution is -0.0337. The van der Waals surface area contributed by atoms with Gasteiger partial charge in [0.1, 0.15) is 5.60 Å². The van der Waals surface area contributed by atoms with Gasteiger partial charge in [-0.1, -0.05) is 30.3 Å². The Hall–Kier alpha value is -1.59. The highest BCUT2D eigenvalue weighted by Crippen LogP contribution is 2.34. The summed E-state index contributed by atoms with van der Waals surface area (Å²) >= 11 is 0. The van der Waals surface area contributed by atoms with Crippen LogP contribution >= 0.6 is 0 Å². The summed E-state index contributed by atoms with van der Waals surface area (Å²) in [7, 11) is 0. The molecule has 0 spiro atoms. The number of likely N-dealkylation sites (tertiary alicyclic amines) is 1. The Morgan fingerprint density at radius 1 is 1.11 bits per heavy atom. The molecular weight excluding hydrogens is 342 g/mol. The largest absolute Gasteiger partial charge is 0.444 e. The van der Waals surface area contributed by atoms with Crippen molar-refractivity contribution in [2.75, 3.05) is 13.2 Å². The Morgan fingerprint density at radius 2 is 1.78 bits per heavy atom. The van der Waals surface area contributed by atoms with E-state index in [0.29, 0.717) is 25.5 Å². The first kappa shape index (κ1) is 20.2. The summed E-state index contributed by atoms with van der Waals surface area (Å²) in [6, 6.07) is 10.4. The number of nitrogens with zero attached hydrogens (tertiary/aromatic N) is 1. The molecular formula is C22H33NO4. The maximum atomic E-state index is 12.4. The van der Waals surface area contributed by atoms with Crippen LogP contribution in [0.4, 0.5) is 4.79 Å². The van der Waals surface area contributed by atoms with Gasteiger partial charge in [-0.2, -0.15) is 0 Å². The predicted octanol–water partition coefficient (Wildman–Crippen LogP) is 4.10. The Kier molecular flexibility index (Phi) is 6.43. The third-order valence-corrected chi connectivity index (χ3v) is 5.59. The number of benzene rings is 1. The van der Waals surface area contributed by atoms with Crippen LogP contribution in [0.1, 0.15) is 64.4 Å². The van der Waals surface area contributed by atoms with Gasteiger partial charge in [0.25, 0.3) is 0 Å². The van der Waals surface area contributed by atoms with Crippen molar-refractivity contribution in [2.24, 2.45) is 0 Å². The molecule has 27 heavy (non-hydrogen) atoms. The Labute approximate surface area is 162 Å². The standard InChI is InChI=1S/C22H33NO4/c1-22(2,3)27-21(25)23-14-13-20(24)19(23)15-26-18-11-9-17(10-12-18)16-7-5-4-6-8-16/h4-8,17-20,24H,9-15H2,1-3H3/t17-,18+,19-,20-/m0/s1. The maximum absolute atomic E-state index is 12.4. The molecule has 0 radical (unpaired) electrons. The van der Waals surface area contributed by atoms with Crippen LogP contribution in [0.15, 0.2) is 30.3 Å². The van der Waals surface area contributed by atoms with E-state index in [0.717, 1.165) is 25.7 Å². The van der Waals surface area contributed by atoms with Crippen LogP contribution in [0.2, 0.25) is 0 Å². The highest BCUT2D eigenvalue weighted by molar-refractivity contribution is 5.69. The molecule has 3 rings (SSSR count). The third-order valence-electron chi connectivity index (χ3n) is 5.59. The SMILES string of the molecule is CC(C)(C)OC(=O)N1CC[C@H](O)[C@@H]1CO[C@H]1CC[C@@H](c2ccccc2)CC1. The van der Waals surface area contributed by atoms with E-state index in [2.05, 4.69) is 30.3 Å². The monoisotopic (exact) mass is 375 g/mol. The second-order valence-electron chi connectivity index (χ2n) is 8.81. The fraction of sp³-hybridized carbons (Fsp3) is 0.682. The van der Waals surface area contributed by atoms with Crippen LogP contribution in [-0.4, -0.2) is 53.1 Å². The van der Waals surface area contributed by atoms with Crippen molar-refractivity contribution in [1.82, 2.24) is 4.90 Å². The van der Waals surface area contributed by atoms with Gasteiger partial charge in [-0.05, 0) is 64.4 Å². The van der Waals surface area contributed by atoms with Crippen LogP contribution in [0.25, 0.3) is 0 Å². The van der Waals surface area contributed by atoms with Gasteiger partial charge >= 0.3 is 6.09 Å². The average Bonchev–Trinajstić information content (AvgIpc) is 3.00. The van der Waals surface area contributed by atoms with Crippen molar-refractivity contribution < 1.29 is 19.4 Å². The number of amides is 1. The van der Waals surface area contributed by atoms with Crippen molar-refractivity contribution in [3.8, 4) is 0 Å². The highest BCUT2D eigenvalue weighted by Gasteiger charge is 2.39. The Morgan fingerprint density at radius 3 is 2.41 bits per heavy atom.